The fraction of sp³-hybridized carbons (Fsp3) is 0. The van der Waals surface area contributed by atoms with Crippen LogP contribution in [-0.2, 0) is 4.57 Å². The van der Waals surface area contributed by atoms with Gasteiger partial charge in [0.15, 0.2) is 7.14 Å². The van der Waals surface area contributed by atoms with Crippen molar-refractivity contribution in [1.29, 1.82) is 0 Å². The van der Waals surface area contributed by atoms with Gasteiger partial charge in [0.25, 0.3) is 0 Å². The molecule has 1 heterocycles. The van der Waals surface area contributed by atoms with E-state index >= 15 is 4.57 Å². The smallest absolute Gasteiger partial charge is 0.172 e. The van der Waals surface area contributed by atoms with E-state index in [0.717, 1.165) is 59.7 Å². The third kappa shape index (κ3) is 3.63. The minimum Gasteiger partial charge on any atom is -0.309 e. The molecule has 0 atom stereocenters. The van der Waals surface area contributed by atoms with Crippen molar-refractivity contribution in [3.8, 4) is 11.3 Å². The first-order chi connectivity index (χ1) is 18.7. The first-order valence-electron chi connectivity index (χ1n) is 12.6. The lowest BCUT2D eigenvalue weighted by atomic mass is 10.1. The summed E-state index contributed by atoms with van der Waals surface area (Å²) in [7, 11) is -3.25. The molecule has 0 unspecified atom stereocenters. The summed E-state index contributed by atoms with van der Waals surface area (Å²) in [5, 5.41) is 6.67. The van der Waals surface area contributed by atoms with Gasteiger partial charge in [0.05, 0.1) is 22.9 Å². The van der Waals surface area contributed by atoms with Crippen molar-refractivity contribution in [1.82, 2.24) is 9.97 Å². The van der Waals surface area contributed by atoms with E-state index in [1.54, 1.807) is 6.20 Å². The lowest BCUT2D eigenvalue weighted by molar-refractivity contribution is 0.593. The summed E-state index contributed by atoms with van der Waals surface area (Å²) < 4.78 is 15.6. The van der Waals surface area contributed by atoms with Crippen LogP contribution < -0.4 is 15.9 Å². The molecule has 3 nitrogen and oxygen atoms in total. The average molecular weight is 507 g/mol. The van der Waals surface area contributed by atoms with Crippen LogP contribution in [0.3, 0.4) is 0 Å². The van der Waals surface area contributed by atoms with Crippen molar-refractivity contribution in [3.05, 3.63) is 140 Å². The molecule has 0 saturated heterocycles. The zero-order valence-electron chi connectivity index (χ0n) is 20.5. The fourth-order valence-corrected chi connectivity index (χ4v) is 8.37. The summed E-state index contributed by atoms with van der Waals surface area (Å²) in [5.74, 6) is 0. The van der Waals surface area contributed by atoms with Crippen LogP contribution in [-0.4, -0.2) is 9.97 Å². The van der Waals surface area contributed by atoms with Crippen molar-refractivity contribution in [3.63, 3.8) is 0 Å². The van der Waals surface area contributed by atoms with Gasteiger partial charge >= 0.3 is 0 Å². The molecule has 0 radical (unpaired) electrons. The van der Waals surface area contributed by atoms with Crippen LogP contribution in [0.2, 0.25) is 0 Å². The van der Waals surface area contributed by atoms with Gasteiger partial charge in [-0.25, -0.2) is 4.98 Å². The van der Waals surface area contributed by atoms with Crippen molar-refractivity contribution >= 4 is 55.6 Å². The van der Waals surface area contributed by atoms with E-state index in [4.69, 9.17) is 4.98 Å². The number of aromatic nitrogens is 2. The van der Waals surface area contributed by atoms with Gasteiger partial charge in [-0.2, -0.15) is 0 Å². The molecule has 0 aliphatic heterocycles. The van der Waals surface area contributed by atoms with Gasteiger partial charge in [0.2, 0.25) is 0 Å². The predicted octanol–water partition coefficient (Wildman–Crippen LogP) is 7.24. The zero-order chi connectivity index (χ0) is 25.5. The fourth-order valence-electron chi connectivity index (χ4n) is 5.31. The van der Waals surface area contributed by atoms with Crippen LogP contribution in [0.5, 0.6) is 0 Å². The molecule has 0 amide bonds. The minimum atomic E-state index is -3.25. The number of benzene rings is 6. The number of para-hydroxylation sites is 2. The molecule has 0 bridgehead atoms. The second kappa shape index (κ2) is 9.06. The molecule has 0 aliphatic carbocycles. The first kappa shape index (κ1) is 22.6. The Bertz CT molecular complexity index is 1920. The molecular weight excluding hydrogens is 483 g/mol. The lowest BCUT2D eigenvalue weighted by Gasteiger charge is -2.23. The highest BCUT2D eigenvalue weighted by molar-refractivity contribution is 7.86. The Balaban J connectivity index is 1.46. The highest BCUT2D eigenvalue weighted by atomic mass is 31.2. The largest absolute Gasteiger partial charge is 0.309 e. The molecular formula is C34H23N2OP. The van der Waals surface area contributed by atoms with E-state index in [-0.39, 0.29) is 0 Å². The van der Waals surface area contributed by atoms with Crippen molar-refractivity contribution in [2.45, 2.75) is 0 Å². The summed E-state index contributed by atoms with van der Waals surface area (Å²) in [4.78, 5) is 9.38. The predicted molar refractivity (Wildman–Crippen MR) is 159 cm³/mol. The average Bonchev–Trinajstić information content (AvgIpc) is 3.00. The molecule has 0 aliphatic rings. The molecule has 6 aromatic carbocycles. The van der Waals surface area contributed by atoms with Crippen molar-refractivity contribution in [2.24, 2.45) is 0 Å². The van der Waals surface area contributed by atoms with E-state index in [9.17, 15) is 0 Å². The molecule has 0 N–H and O–H groups in total. The second-order valence-corrected chi connectivity index (χ2v) is 12.1. The highest BCUT2D eigenvalue weighted by Gasteiger charge is 2.33. The van der Waals surface area contributed by atoms with Crippen molar-refractivity contribution < 1.29 is 4.57 Å². The van der Waals surface area contributed by atoms with Crippen LogP contribution >= 0.6 is 7.14 Å². The summed E-state index contributed by atoms with van der Waals surface area (Å²) in [5.41, 5.74) is 3.45. The standard InChI is InChI=1S/C34H23N2OP/c37-38(33-17-7-11-24-9-1-3-13-28(24)33,34-18-8-12-25-10-2-4-14-29(25)34)27-21-19-26(20-22-27)32-23-35-30-15-5-6-16-31(30)36-32/h1-23H. The molecule has 7 aromatic rings. The Morgan fingerprint density at radius 1 is 0.500 bits per heavy atom. The molecule has 0 spiro atoms. The third-order valence-electron chi connectivity index (χ3n) is 7.19. The van der Waals surface area contributed by atoms with E-state index in [0.29, 0.717) is 0 Å². The molecule has 180 valence electrons. The van der Waals surface area contributed by atoms with Gasteiger partial charge in [0.1, 0.15) is 0 Å². The van der Waals surface area contributed by atoms with E-state index in [1.807, 2.05) is 97.1 Å². The number of hydrogen-bond acceptors (Lipinski definition) is 3. The summed E-state index contributed by atoms with van der Waals surface area (Å²) >= 11 is 0. The summed E-state index contributed by atoms with van der Waals surface area (Å²) in [6, 6.07) is 44.5. The maximum atomic E-state index is 15.6. The number of nitrogens with zero attached hydrogens (tertiary/aromatic N) is 2. The number of hydrogen-bond donors (Lipinski definition) is 0. The monoisotopic (exact) mass is 506 g/mol. The van der Waals surface area contributed by atoms with Crippen LogP contribution in [0, 0.1) is 0 Å². The van der Waals surface area contributed by atoms with E-state index in [1.165, 1.54) is 0 Å². The molecule has 4 heteroatoms. The Morgan fingerprint density at radius 2 is 1.03 bits per heavy atom. The maximum absolute atomic E-state index is 15.6. The normalized spacial score (nSPS) is 11.8. The Morgan fingerprint density at radius 3 is 1.66 bits per heavy atom. The first-order valence-corrected chi connectivity index (χ1v) is 14.3. The summed E-state index contributed by atoms with van der Waals surface area (Å²) in [6.07, 6.45) is 1.80. The summed E-state index contributed by atoms with van der Waals surface area (Å²) in [6.45, 7) is 0. The van der Waals surface area contributed by atoms with Gasteiger partial charge in [-0.15, -0.1) is 0 Å². The molecule has 0 fully saturated rings. The van der Waals surface area contributed by atoms with E-state index < -0.39 is 7.14 Å². The molecule has 0 saturated carbocycles. The molecule has 7 rings (SSSR count). The topological polar surface area (TPSA) is 42.9 Å². The van der Waals surface area contributed by atoms with Crippen LogP contribution in [0.15, 0.2) is 140 Å². The maximum Gasteiger partial charge on any atom is 0.172 e. The Labute approximate surface area is 220 Å². The molecule has 38 heavy (non-hydrogen) atoms. The Kier molecular flexibility index (Phi) is 5.39. The Hall–Kier alpha value is -4.59. The third-order valence-corrected chi connectivity index (χ3v) is 10.3. The van der Waals surface area contributed by atoms with Gasteiger partial charge in [-0.3, -0.25) is 4.98 Å². The van der Waals surface area contributed by atoms with Crippen molar-refractivity contribution in [2.75, 3.05) is 0 Å². The van der Waals surface area contributed by atoms with Gasteiger partial charge < -0.3 is 4.57 Å². The van der Waals surface area contributed by atoms with Gasteiger partial charge in [-0.1, -0.05) is 121 Å². The minimum absolute atomic E-state index is 0.792. The quantitative estimate of drug-likeness (QED) is 0.236. The second-order valence-electron chi connectivity index (χ2n) is 9.40. The lowest BCUT2D eigenvalue weighted by Crippen LogP contribution is -2.26. The van der Waals surface area contributed by atoms with Crippen LogP contribution in [0.25, 0.3) is 43.8 Å². The number of rotatable bonds is 4. The molecule has 1 aromatic heterocycles. The van der Waals surface area contributed by atoms with Gasteiger partial charge in [0, 0.05) is 21.5 Å². The zero-order valence-corrected chi connectivity index (χ0v) is 21.4. The van der Waals surface area contributed by atoms with E-state index in [2.05, 4.69) is 41.4 Å². The van der Waals surface area contributed by atoms with Crippen LogP contribution in [0.4, 0.5) is 0 Å². The van der Waals surface area contributed by atoms with Crippen LogP contribution in [0.1, 0.15) is 0 Å². The highest BCUT2D eigenvalue weighted by Crippen LogP contribution is 2.46. The SMILES string of the molecule is O=P(c1ccc(-c2cnc3ccccc3n2)cc1)(c1cccc2ccccc12)c1cccc2ccccc12. The van der Waals surface area contributed by atoms with Gasteiger partial charge in [-0.05, 0) is 33.7 Å². The number of fused-ring (bicyclic) bond motifs is 3.